The first-order valence-electron chi connectivity index (χ1n) is 8.06. The molecule has 0 unspecified atom stereocenters. The van der Waals surface area contributed by atoms with Gasteiger partial charge in [-0.25, -0.2) is 0 Å². The molecule has 112 valence electrons. The maximum absolute atomic E-state index is 6.43. The first kappa shape index (κ1) is 14.6. The number of nitrogens with zero attached hydrogens (tertiary/aromatic N) is 1. The number of fused-ring (bicyclic) bond motifs is 2. The van der Waals surface area contributed by atoms with Crippen molar-refractivity contribution in [1.29, 1.82) is 0 Å². The Labute approximate surface area is 131 Å². The molecule has 1 N–H and O–H groups in total. The predicted octanol–water partition coefficient (Wildman–Crippen LogP) is 5.29. The van der Waals surface area contributed by atoms with Crippen molar-refractivity contribution in [1.82, 2.24) is 4.98 Å². The summed E-state index contributed by atoms with van der Waals surface area (Å²) < 4.78 is 0. The maximum Gasteiger partial charge on any atom is 0.0915 e. The average molecular weight is 303 g/mol. The molecular formula is C18H23ClN2. The van der Waals surface area contributed by atoms with Gasteiger partial charge in [0.25, 0.3) is 0 Å². The third-order valence-corrected chi connectivity index (χ3v) is 4.68. The van der Waals surface area contributed by atoms with E-state index in [0.29, 0.717) is 0 Å². The van der Waals surface area contributed by atoms with Crippen LogP contribution in [0.3, 0.4) is 0 Å². The van der Waals surface area contributed by atoms with Crippen LogP contribution in [0.4, 0.5) is 5.69 Å². The molecule has 1 aromatic heterocycles. The third-order valence-electron chi connectivity index (χ3n) is 4.38. The second kappa shape index (κ2) is 6.23. The molecule has 0 spiro atoms. The van der Waals surface area contributed by atoms with Crippen LogP contribution in [0.15, 0.2) is 12.1 Å². The highest BCUT2D eigenvalue weighted by atomic mass is 35.5. The Hall–Kier alpha value is -1.28. The van der Waals surface area contributed by atoms with Crippen LogP contribution in [0.5, 0.6) is 0 Å². The molecule has 0 radical (unpaired) electrons. The van der Waals surface area contributed by atoms with Gasteiger partial charge in [0.15, 0.2) is 0 Å². The molecule has 3 heteroatoms. The van der Waals surface area contributed by atoms with Crippen LogP contribution in [0.1, 0.15) is 49.4 Å². The Bertz CT molecular complexity index is 664. The van der Waals surface area contributed by atoms with E-state index in [4.69, 9.17) is 16.6 Å². The lowest BCUT2D eigenvalue weighted by atomic mass is 9.99. The first-order valence-corrected chi connectivity index (χ1v) is 8.44. The van der Waals surface area contributed by atoms with Crippen LogP contribution in [-0.4, -0.2) is 11.5 Å². The number of halogens is 1. The van der Waals surface area contributed by atoms with Gasteiger partial charge in [0.2, 0.25) is 0 Å². The van der Waals surface area contributed by atoms with Crippen molar-refractivity contribution in [3.8, 4) is 0 Å². The van der Waals surface area contributed by atoms with Gasteiger partial charge in [0, 0.05) is 23.3 Å². The molecule has 1 aromatic carbocycles. The Morgan fingerprint density at radius 2 is 2.00 bits per heavy atom. The summed E-state index contributed by atoms with van der Waals surface area (Å²) in [6.07, 6.45) is 7.14. The third kappa shape index (κ3) is 2.74. The predicted molar refractivity (Wildman–Crippen MR) is 91.5 cm³/mol. The number of hydrogen-bond donors (Lipinski definition) is 1. The van der Waals surface area contributed by atoms with E-state index in [-0.39, 0.29) is 0 Å². The van der Waals surface area contributed by atoms with Gasteiger partial charge in [0.05, 0.1) is 10.5 Å². The Balaban J connectivity index is 2.29. The highest BCUT2D eigenvalue weighted by Gasteiger charge is 2.19. The van der Waals surface area contributed by atoms with Crippen LogP contribution >= 0.6 is 11.6 Å². The summed E-state index contributed by atoms with van der Waals surface area (Å²) in [6.45, 7) is 5.35. The zero-order valence-electron chi connectivity index (χ0n) is 12.9. The Kier molecular flexibility index (Phi) is 4.34. The number of pyridine rings is 1. The minimum Gasteiger partial charge on any atom is -0.384 e. The summed E-state index contributed by atoms with van der Waals surface area (Å²) in [5, 5.41) is 5.65. The molecule has 0 atom stereocenters. The number of hydrogen-bond acceptors (Lipinski definition) is 2. The van der Waals surface area contributed by atoms with Gasteiger partial charge in [0.1, 0.15) is 0 Å². The van der Waals surface area contributed by atoms with Crippen LogP contribution in [0.25, 0.3) is 10.9 Å². The van der Waals surface area contributed by atoms with Gasteiger partial charge in [-0.05, 0) is 56.2 Å². The van der Waals surface area contributed by atoms with Crippen molar-refractivity contribution >= 4 is 28.2 Å². The van der Waals surface area contributed by atoms with Crippen molar-refractivity contribution in [2.24, 2.45) is 0 Å². The summed E-state index contributed by atoms with van der Waals surface area (Å²) in [6, 6.07) is 4.07. The second-order valence-electron chi connectivity index (χ2n) is 5.99. The van der Waals surface area contributed by atoms with Crippen molar-refractivity contribution in [2.75, 3.05) is 11.9 Å². The Morgan fingerprint density at radius 3 is 2.81 bits per heavy atom. The van der Waals surface area contributed by atoms with Crippen molar-refractivity contribution in [2.45, 2.75) is 52.4 Å². The molecule has 0 saturated heterocycles. The molecule has 0 bridgehead atoms. The lowest BCUT2D eigenvalue weighted by molar-refractivity contribution is 0.709. The van der Waals surface area contributed by atoms with Crippen LogP contribution in [0.2, 0.25) is 5.02 Å². The van der Waals surface area contributed by atoms with Gasteiger partial charge in [-0.2, -0.15) is 0 Å². The molecule has 1 aliphatic rings. The van der Waals surface area contributed by atoms with Crippen LogP contribution in [0, 0.1) is 6.92 Å². The molecule has 0 aliphatic heterocycles. The maximum atomic E-state index is 6.43. The molecule has 21 heavy (non-hydrogen) atoms. The fourth-order valence-electron chi connectivity index (χ4n) is 3.28. The minimum absolute atomic E-state index is 0.766. The molecule has 2 aromatic rings. The fraction of sp³-hybridized carbons (Fsp3) is 0.500. The van der Waals surface area contributed by atoms with Gasteiger partial charge in [-0.1, -0.05) is 31.0 Å². The molecule has 0 fully saturated rings. The molecule has 0 saturated carbocycles. The summed E-state index contributed by atoms with van der Waals surface area (Å²) >= 11 is 6.43. The van der Waals surface area contributed by atoms with Gasteiger partial charge < -0.3 is 5.32 Å². The van der Waals surface area contributed by atoms with Crippen molar-refractivity contribution < 1.29 is 0 Å². The smallest absolute Gasteiger partial charge is 0.0915 e. The largest absolute Gasteiger partial charge is 0.384 e. The standard InChI is InChI=1S/C18H23ClN2/c1-3-11-20-17-13-7-5-4-6-8-15(13)21-18-14(19)10-9-12(2)16(17)18/h9-10H,3-8,11H2,1-2H3,(H,20,21). The van der Waals surface area contributed by atoms with Gasteiger partial charge in [-0.15, -0.1) is 0 Å². The van der Waals surface area contributed by atoms with Crippen LogP contribution < -0.4 is 5.32 Å². The van der Waals surface area contributed by atoms with Gasteiger partial charge >= 0.3 is 0 Å². The SMILES string of the molecule is CCCNc1c2c(nc3c(Cl)ccc(C)c13)CCCCC2. The minimum atomic E-state index is 0.766. The highest BCUT2D eigenvalue weighted by Crippen LogP contribution is 2.37. The second-order valence-corrected chi connectivity index (χ2v) is 6.39. The van der Waals surface area contributed by atoms with E-state index < -0.39 is 0 Å². The van der Waals surface area contributed by atoms with E-state index in [1.54, 1.807) is 0 Å². The molecule has 3 rings (SSSR count). The monoisotopic (exact) mass is 302 g/mol. The first-order chi connectivity index (χ1) is 10.2. The fourth-order valence-corrected chi connectivity index (χ4v) is 3.48. The molecule has 1 aliphatic carbocycles. The van der Waals surface area contributed by atoms with Gasteiger partial charge in [-0.3, -0.25) is 4.98 Å². The lowest BCUT2D eigenvalue weighted by Crippen LogP contribution is -2.08. The molecular weight excluding hydrogens is 280 g/mol. The van der Waals surface area contributed by atoms with Crippen LogP contribution in [-0.2, 0) is 12.8 Å². The zero-order chi connectivity index (χ0) is 14.8. The van der Waals surface area contributed by atoms with E-state index >= 15 is 0 Å². The van der Waals surface area contributed by atoms with E-state index in [1.807, 2.05) is 6.07 Å². The Morgan fingerprint density at radius 1 is 1.19 bits per heavy atom. The number of aromatic nitrogens is 1. The average Bonchev–Trinajstić information content (AvgIpc) is 2.73. The normalized spacial score (nSPS) is 14.8. The van der Waals surface area contributed by atoms with Crippen molar-refractivity contribution in [3.05, 3.63) is 34.0 Å². The topological polar surface area (TPSA) is 24.9 Å². The van der Waals surface area contributed by atoms with E-state index in [1.165, 1.54) is 47.2 Å². The number of anilines is 1. The van der Waals surface area contributed by atoms with E-state index in [0.717, 1.165) is 36.3 Å². The number of benzene rings is 1. The summed E-state index contributed by atoms with van der Waals surface area (Å²) in [5.74, 6) is 0. The summed E-state index contributed by atoms with van der Waals surface area (Å²) in [7, 11) is 0. The quantitative estimate of drug-likeness (QED) is 0.779. The number of aryl methyl sites for hydroxylation is 2. The van der Waals surface area contributed by atoms with E-state index in [2.05, 4.69) is 25.2 Å². The molecule has 0 amide bonds. The molecule has 2 nitrogen and oxygen atoms in total. The summed E-state index contributed by atoms with van der Waals surface area (Å²) in [4.78, 5) is 4.93. The summed E-state index contributed by atoms with van der Waals surface area (Å²) in [5.41, 5.74) is 6.20. The van der Waals surface area contributed by atoms with E-state index in [9.17, 15) is 0 Å². The molecule has 1 heterocycles. The van der Waals surface area contributed by atoms with Crippen molar-refractivity contribution in [3.63, 3.8) is 0 Å². The number of nitrogens with one attached hydrogen (secondary N) is 1. The zero-order valence-corrected chi connectivity index (χ0v) is 13.7. The lowest BCUT2D eigenvalue weighted by Gasteiger charge is -2.19. The number of rotatable bonds is 3. The highest BCUT2D eigenvalue weighted by molar-refractivity contribution is 6.35.